The van der Waals surface area contributed by atoms with Gasteiger partial charge in [0.25, 0.3) is 0 Å². The maximum atomic E-state index is 6.79. The molecule has 2 atom stereocenters. The average Bonchev–Trinajstić information content (AvgIpc) is 3.82. The maximum Gasteiger partial charge on any atom is 0.136 e. The molecule has 2 aromatic heterocycles. The summed E-state index contributed by atoms with van der Waals surface area (Å²) < 4.78 is 13.2. The number of fused-ring (bicyclic) bond motifs is 8. The molecular weight excluding hydrogens is 657 g/mol. The van der Waals surface area contributed by atoms with Gasteiger partial charge in [-0.2, -0.15) is 0 Å². The third-order valence-corrected chi connectivity index (χ3v) is 11.2. The summed E-state index contributed by atoms with van der Waals surface area (Å²) in [6.07, 6.45) is 11.4. The lowest BCUT2D eigenvalue weighted by Crippen LogP contribution is -2.17. The fourth-order valence-corrected chi connectivity index (χ4v) is 8.66. The number of hydrogen-bond acceptors (Lipinski definition) is 2. The molecule has 2 aliphatic carbocycles. The zero-order valence-electron chi connectivity index (χ0n) is 29.4. The number of para-hydroxylation sites is 1. The first kappa shape index (κ1) is 30.7. The highest BCUT2D eigenvalue weighted by molar-refractivity contribution is 6.13. The second-order valence-corrected chi connectivity index (χ2v) is 14.4. The lowest BCUT2D eigenvalue weighted by atomic mass is 9.73. The van der Waals surface area contributed by atoms with Crippen molar-refractivity contribution in [1.29, 1.82) is 0 Å². The van der Waals surface area contributed by atoms with Crippen LogP contribution in [0.3, 0.4) is 0 Å². The van der Waals surface area contributed by atoms with Gasteiger partial charge in [-0.3, -0.25) is 0 Å². The fourth-order valence-electron chi connectivity index (χ4n) is 8.66. The first-order chi connectivity index (χ1) is 26.7. The molecule has 9 aromatic rings. The fraction of sp³-hybridized carbons (Fsp3) is 0.0385. The van der Waals surface area contributed by atoms with E-state index >= 15 is 0 Å². The van der Waals surface area contributed by atoms with Gasteiger partial charge in [0.1, 0.15) is 22.5 Å². The van der Waals surface area contributed by atoms with E-state index in [0.29, 0.717) is 0 Å². The van der Waals surface area contributed by atoms with Crippen LogP contribution in [0.2, 0.25) is 0 Å². The molecule has 254 valence electrons. The molecule has 0 fully saturated rings. The molecule has 7 aromatic carbocycles. The predicted molar refractivity (Wildman–Crippen MR) is 224 cm³/mol. The van der Waals surface area contributed by atoms with Crippen LogP contribution in [-0.4, -0.2) is 0 Å². The Kier molecular flexibility index (Phi) is 7.03. The largest absolute Gasteiger partial charge is 0.460 e. The van der Waals surface area contributed by atoms with E-state index < -0.39 is 0 Å². The Balaban J connectivity index is 1.14. The first-order valence-electron chi connectivity index (χ1n) is 18.7. The van der Waals surface area contributed by atoms with E-state index in [1.54, 1.807) is 0 Å². The highest BCUT2D eigenvalue weighted by Gasteiger charge is 2.34. The highest BCUT2D eigenvalue weighted by atomic mass is 16.3. The normalized spacial score (nSPS) is 16.1. The number of rotatable bonds is 5. The molecule has 2 unspecified atom stereocenters. The van der Waals surface area contributed by atoms with Gasteiger partial charge in [-0.05, 0) is 110 Å². The minimum atomic E-state index is 0.0901. The van der Waals surface area contributed by atoms with Gasteiger partial charge in [-0.25, -0.2) is 0 Å². The van der Waals surface area contributed by atoms with Gasteiger partial charge in [0.15, 0.2) is 0 Å². The van der Waals surface area contributed by atoms with Crippen molar-refractivity contribution >= 4 is 44.6 Å². The molecule has 0 saturated carbocycles. The van der Waals surface area contributed by atoms with Crippen LogP contribution in [-0.2, 0) is 0 Å². The molecule has 0 saturated heterocycles. The zero-order valence-corrected chi connectivity index (χ0v) is 29.4. The van der Waals surface area contributed by atoms with Crippen LogP contribution < -0.4 is 0 Å². The standard InChI is InChI=1S/C52H34O2/c1-3-13-33(14-4-1)35-17-11-18-36(27-35)38-28-39(41-22-12-24-49-51(41)45-21-9-10-23-48(45)53-49)30-40(29-38)46-32-47-43-26-25-37(34-15-5-2-6-16-34)31-50(43)54-52(47)44-20-8-7-19-42(44)46/h1-32,42,44H. The Labute approximate surface area is 313 Å². The summed E-state index contributed by atoms with van der Waals surface area (Å²) in [4.78, 5) is 0. The Bertz CT molecular complexity index is 2990. The Hall–Kier alpha value is -6.90. The summed E-state index contributed by atoms with van der Waals surface area (Å²) in [7, 11) is 0. The number of allylic oxidation sites excluding steroid dienone is 5. The molecule has 11 rings (SSSR count). The molecule has 0 amide bonds. The van der Waals surface area contributed by atoms with Crippen LogP contribution in [0.25, 0.3) is 89.1 Å². The van der Waals surface area contributed by atoms with Gasteiger partial charge in [-0.15, -0.1) is 0 Å². The second-order valence-electron chi connectivity index (χ2n) is 14.4. The molecule has 2 nitrogen and oxygen atoms in total. The van der Waals surface area contributed by atoms with Crippen LogP contribution in [0.5, 0.6) is 0 Å². The topological polar surface area (TPSA) is 26.3 Å². The van der Waals surface area contributed by atoms with Crippen LogP contribution >= 0.6 is 0 Å². The van der Waals surface area contributed by atoms with Gasteiger partial charge < -0.3 is 8.83 Å². The van der Waals surface area contributed by atoms with E-state index in [4.69, 9.17) is 8.83 Å². The van der Waals surface area contributed by atoms with Gasteiger partial charge in [-0.1, -0.05) is 140 Å². The summed E-state index contributed by atoms with van der Waals surface area (Å²) in [5.41, 5.74) is 15.8. The summed E-state index contributed by atoms with van der Waals surface area (Å²) in [5, 5.41) is 3.41. The first-order valence-corrected chi connectivity index (χ1v) is 18.7. The number of furan rings is 2. The van der Waals surface area contributed by atoms with Gasteiger partial charge in [0.2, 0.25) is 0 Å². The van der Waals surface area contributed by atoms with E-state index in [0.717, 1.165) is 55.4 Å². The summed E-state index contributed by atoms with van der Waals surface area (Å²) in [6, 6.07) is 58.6. The SMILES string of the molecule is C1=CC2C(c3cc(-c4cccc(-c5ccccc5)c4)cc(-c4cccc5oc6ccccc6c45)c3)=Cc3c(oc4cc(-c5ccccc5)ccc34)C2C=C1. The summed E-state index contributed by atoms with van der Waals surface area (Å²) in [5.74, 6) is 1.25. The molecule has 2 aliphatic rings. The molecule has 0 spiro atoms. The summed E-state index contributed by atoms with van der Waals surface area (Å²) in [6.45, 7) is 0. The van der Waals surface area contributed by atoms with Crippen molar-refractivity contribution in [1.82, 2.24) is 0 Å². The quantitative estimate of drug-likeness (QED) is 0.180. The van der Waals surface area contributed by atoms with Crippen molar-refractivity contribution < 1.29 is 8.83 Å². The van der Waals surface area contributed by atoms with E-state index in [-0.39, 0.29) is 11.8 Å². The van der Waals surface area contributed by atoms with Gasteiger partial charge in [0, 0.05) is 33.6 Å². The lowest BCUT2D eigenvalue weighted by Gasteiger charge is -2.30. The lowest BCUT2D eigenvalue weighted by molar-refractivity contribution is 0.496. The Morgan fingerprint density at radius 1 is 0.370 bits per heavy atom. The molecule has 0 N–H and O–H groups in total. The van der Waals surface area contributed by atoms with Crippen molar-refractivity contribution in [2.24, 2.45) is 5.92 Å². The summed E-state index contributed by atoms with van der Waals surface area (Å²) >= 11 is 0. The minimum Gasteiger partial charge on any atom is -0.460 e. The van der Waals surface area contributed by atoms with Crippen molar-refractivity contribution in [3.63, 3.8) is 0 Å². The third kappa shape index (κ3) is 5.03. The second kappa shape index (κ2) is 12.4. The molecule has 0 aliphatic heterocycles. The maximum absolute atomic E-state index is 6.79. The molecule has 2 heteroatoms. The monoisotopic (exact) mass is 690 g/mol. The van der Waals surface area contributed by atoms with Crippen LogP contribution in [0.15, 0.2) is 197 Å². The smallest absolute Gasteiger partial charge is 0.136 e. The van der Waals surface area contributed by atoms with Crippen LogP contribution in [0.1, 0.15) is 22.8 Å². The van der Waals surface area contributed by atoms with Gasteiger partial charge >= 0.3 is 0 Å². The number of hydrogen-bond donors (Lipinski definition) is 0. The zero-order chi connectivity index (χ0) is 35.6. The van der Waals surface area contributed by atoms with Crippen molar-refractivity contribution in [3.05, 3.63) is 205 Å². The highest BCUT2D eigenvalue weighted by Crippen LogP contribution is 2.50. The van der Waals surface area contributed by atoms with Crippen molar-refractivity contribution in [2.75, 3.05) is 0 Å². The molecule has 0 radical (unpaired) electrons. The van der Waals surface area contributed by atoms with Crippen molar-refractivity contribution in [3.8, 4) is 44.5 Å². The van der Waals surface area contributed by atoms with E-state index in [1.807, 2.05) is 6.07 Å². The third-order valence-electron chi connectivity index (χ3n) is 11.2. The van der Waals surface area contributed by atoms with E-state index in [1.165, 1.54) is 44.5 Å². The average molecular weight is 691 g/mol. The van der Waals surface area contributed by atoms with Crippen LogP contribution in [0, 0.1) is 5.92 Å². The Morgan fingerprint density at radius 2 is 0.981 bits per heavy atom. The van der Waals surface area contributed by atoms with E-state index in [9.17, 15) is 0 Å². The Morgan fingerprint density at radius 3 is 1.80 bits per heavy atom. The van der Waals surface area contributed by atoms with Crippen LogP contribution in [0.4, 0.5) is 0 Å². The number of benzene rings is 7. The predicted octanol–water partition coefficient (Wildman–Crippen LogP) is 14.4. The van der Waals surface area contributed by atoms with Crippen molar-refractivity contribution in [2.45, 2.75) is 5.92 Å². The van der Waals surface area contributed by atoms with E-state index in [2.05, 4.69) is 188 Å². The molecule has 0 bridgehead atoms. The minimum absolute atomic E-state index is 0.0901. The molecule has 54 heavy (non-hydrogen) atoms. The van der Waals surface area contributed by atoms with Gasteiger partial charge in [0.05, 0.1) is 0 Å². The molecule has 2 heterocycles. The molecular formula is C52H34O2.